The van der Waals surface area contributed by atoms with Crippen molar-refractivity contribution in [3.8, 4) is 0 Å². The minimum absolute atomic E-state index is 0.0234. The van der Waals surface area contributed by atoms with Gasteiger partial charge in [0.1, 0.15) is 0 Å². The van der Waals surface area contributed by atoms with Crippen molar-refractivity contribution in [2.45, 2.75) is 52.0 Å². The Hall–Kier alpha value is -1.26. The molecule has 0 saturated heterocycles. The highest BCUT2D eigenvalue weighted by Gasteiger charge is 2.22. The van der Waals surface area contributed by atoms with Gasteiger partial charge in [0.25, 0.3) is 0 Å². The second-order valence-electron chi connectivity index (χ2n) is 5.34. The number of rotatable bonds is 6. The van der Waals surface area contributed by atoms with Crippen molar-refractivity contribution in [3.05, 3.63) is 0 Å². The van der Waals surface area contributed by atoms with Crippen LogP contribution in [0.2, 0.25) is 0 Å². The van der Waals surface area contributed by atoms with Crippen LogP contribution in [0.4, 0.5) is 4.79 Å². The SMILES string of the molecule is CCC(CC(=O)O)NC(=O)NCC1CCC(C)C1. The van der Waals surface area contributed by atoms with Crippen molar-refractivity contribution >= 4 is 12.0 Å². The maximum absolute atomic E-state index is 11.6. The van der Waals surface area contributed by atoms with Gasteiger partial charge in [-0.15, -0.1) is 0 Å². The molecule has 18 heavy (non-hydrogen) atoms. The smallest absolute Gasteiger partial charge is 0.315 e. The average molecular weight is 256 g/mol. The molecule has 3 atom stereocenters. The molecule has 1 rings (SSSR count). The van der Waals surface area contributed by atoms with Gasteiger partial charge in [0.05, 0.1) is 6.42 Å². The van der Waals surface area contributed by atoms with Crippen molar-refractivity contribution in [2.75, 3.05) is 6.54 Å². The maximum Gasteiger partial charge on any atom is 0.315 e. The van der Waals surface area contributed by atoms with E-state index in [1.165, 1.54) is 19.3 Å². The highest BCUT2D eigenvalue weighted by atomic mass is 16.4. The average Bonchev–Trinajstić information content (AvgIpc) is 2.71. The van der Waals surface area contributed by atoms with Crippen molar-refractivity contribution in [1.29, 1.82) is 0 Å². The predicted molar refractivity (Wildman–Crippen MR) is 69.4 cm³/mol. The number of carboxylic acid groups (broad SMARTS) is 1. The highest BCUT2D eigenvalue weighted by molar-refractivity contribution is 5.75. The van der Waals surface area contributed by atoms with Gasteiger partial charge in [-0.25, -0.2) is 4.79 Å². The van der Waals surface area contributed by atoms with Gasteiger partial charge in [0, 0.05) is 12.6 Å². The number of nitrogens with one attached hydrogen (secondary N) is 2. The molecule has 0 spiro atoms. The van der Waals surface area contributed by atoms with Crippen LogP contribution < -0.4 is 10.6 Å². The largest absolute Gasteiger partial charge is 0.481 e. The molecule has 0 aromatic carbocycles. The molecule has 3 N–H and O–H groups in total. The molecule has 2 amide bonds. The monoisotopic (exact) mass is 256 g/mol. The lowest BCUT2D eigenvalue weighted by Crippen LogP contribution is -2.44. The molecule has 0 heterocycles. The number of aliphatic carboxylic acids is 1. The van der Waals surface area contributed by atoms with Gasteiger partial charge in [-0.05, 0) is 31.1 Å². The Morgan fingerprint density at radius 3 is 2.61 bits per heavy atom. The number of hydrogen-bond acceptors (Lipinski definition) is 2. The third kappa shape index (κ3) is 5.38. The first kappa shape index (κ1) is 14.8. The van der Waals surface area contributed by atoms with Crippen LogP contribution in [0.1, 0.15) is 46.0 Å². The van der Waals surface area contributed by atoms with Gasteiger partial charge in [-0.2, -0.15) is 0 Å². The van der Waals surface area contributed by atoms with Crippen molar-refractivity contribution in [1.82, 2.24) is 10.6 Å². The molecule has 0 bridgehead atoms. The van der Waals surface area contributed by atoms with E-state index in [0.717, 1.165) is 5.92 Å². The third-order valence-corrected chi connectivity index (χ3v) is 3.60. The zero-order chi connectivity index (χ0) is 13.5. The molecule has 0 aliphatic heterocycles. The summed E-state index contributed by atoms with van der Waals surface area (Å²) in [5, 5.41) is 14.2. The van der Waals surface area contributed by atoms with Crippen LogP contribution in [0.15, 0.2) is 0 Å². The van der Waals surface area contributed by atoms with Crippen LogP contribution in [0.25, 0.3) is 0 Å². The van der Waals surface area contributed by atoms with E-state index in [1.807, 2.05) is 6.92 Å². The molecular formula is C13H24N2O3. The van der Waals surface area contributed by atoms with E-state index < -0.39 is 5.97 Å². The Kier molecular flexibility index (Phi) is 5.95. The quantitative estimate of drug-likeness (QED) is 0.680. The Morgan fingerprint density at radius 2 is 2.11 bits per heavy atom. The summed E-state index contributed by atoms with van der Waals surface area (Å²) in [5.74, 6) is 0.451. The minimum Gasteiger partial charge on any atom is -0.481 e. The summed E-state index contributed by atoms with van der Waals surface area (Å²) in [5.41, 5.74) is 0. The molecule has 1 aliphatic carbocycles. The second kappa shape index (κ2) is 7.24. The fourth-order valence-corrected chi connectivity index (χ4v) is 2.49. The molecule has 3 unspecified atom stereocenters. The number of carboxylic acids is 1. The fraction of sp³-hybridized carbons (Fsp3) is 0.846. The number of urea groups is 1. The van der Waals surface area contributed by atoms with E-state index in [1.54, 1.807) is 0 Å². The zero-order valence-electron chi connectivity index (χ0n) is 11.2. The van der Waals surface area contributed by atoms with Crippen molar-refractivity contribution < 1.29 is 14.7 Å². The lowest BCUT2D eigenvalue weighted by Gasteiger charge is -2.17. The van der Waals surface area contributed by atoms with E-state index in [-0.39, 0.29) is 18.5 Å². The Labute approximate surface area is 108 Å². The normalized spacial score (nSPS) is 24.6. The molecule has 5 heteroatoms. The number of carbonyl (C=O) groups is 2. The van der Waals surface area contributed by atoms with Crippen molar-refractivity contribution in [2.24, 2.45) is 11.8 Å². The number of amides is 2. The van der Waals surface area contributed by atoms with Crippen LogP contribution in [0.5, 0.6) is 0 Å². The van der Waals surface area contributed by atoms with Gasteiger partial charge in [-0.1, -0.05) is 20.3 Å². The summed E-state index contributed by atoms with van der Waals surface area (Å²) >= 11 is 0. The summed E-state index contributed by atoms with van der Waals surface area (Å²) in [6.07, 6.45) is 4.19. The maximum atomic E-state index is 11.6. The Balaban J connectivity index is 2.21. The van der Waals surface area contributed by atoms with Crippen LogP contribution in [0, 0.1) is 11.8 Å². The van der Waals surface area contributed by atoms with Gasteiger partial charge in [0.15, 0.2) is 0 Å². The second-order valence-corrected chi connectivity index (χ2v) is 5.34. The van der Waals surface area contributed by atoms with Gasteiger partial charge in [-0.3, -0.25) is 4.79 Å². The summed E-state index contributed by atoms with van der Waals surface area (Å²) in [6, 6.07) is -0.535. The zero-order valence-corrected chi connectivity index (χ0v) is 11.2. The lowest BCUT2D eigenvalue weighted by atomic mass is 10.1. The molecule has 0 aromatic heterocycles. The standard InChI is InChI=1S/C13H24N2O3/c1-3-11(7-12(16)17)15-13(18)14-8-10-5-4-9(2)6-10/h9-11H,3-8H2,1-2H3,(H,16,17)(H2,14,15,18). The summed E-state index contributed by atoms with van der Waals surface area (Å²) in [6.45, 7) is 4.80. The minimum atomic E-state index is -0.883. The van der Waals surface area contributed by atoms with E-state index in [2.05, 4.69) is 17.6 Å². The van der Waals surface area contributed by atoms with E-state index in [0.29, 0.717) is 18.9 Å². The van der Waals surface area contributed by atoms with Crippen LogP contribution in [-0.2, 0) is 4.79 Å². The molecule has 0 radical (unpaired) electrons. The summed E-state index contributed by atoms with van der Waals surface area (Å²) in [4.78, 5) is 22.2. The topological polar surface area (TPSA) is 78.4 Å². The summed E-state index contributed by atoms with van der Waals surface area (Å²) in [7, 11) is 0. The van der Waals surface area contributed by atoms with E-state index in [4.69, 9.17) is 5.11 Å². The first-order valence-corrected chi connectivity index (χ1v) is 6.77. The Bertz CT molecular complexity index is 294. The first-order valence-electron chi connectivity index (χ1n) is 6.77. The predicted octanol–water partition coefficient (Wildman–Crippen LogP) is 1.98. The lowest BCUT2D eigenvalue weighted by molar-refractivity contribution is -0.137. The van der Waals surface area contributed by atoms with Gasteiger partial charge < -0.3 is 15.7 Å². The molecule has 1 saturated carbocycles. The number of carbonyl (C=O) groups excluding carboxylic acids is 1. The molecule has 104 valence electrons. The third-order valence-electron chi connectivity index (χ3n) is 3.60. The van der Waals surface area contributed by atoms with Crippen LogP contribution >= 0.6 is 0 Å². The summed E-state index contributed by atoms with van der Waals surface area (Å²) < 4.78 is 0. The molecule has 5 nitrogen and oxygen atoms in total. The van der Waals surface area contributed by atoms with Crippen LogP contribution in [0.3, 0.4) is 0 Å². The highest BCUT2D eigenvalue weighted by Crippen LogP contribution is 2.29. The van der Waals surface area contributed by atoms with Gasteiger partial charge >= 0.3 is 12.0 Å². The van der Waals surface area contributed by atoms with Crippen LogP contribution in [-0.4, -0.2) is 29.7 Å². The fourth-order valence-electron chi connectivity index (χ4n) is 2.49. The van der Waals surface area contributed by atoms with Gasteiger partial charge in [0.2, 0.25) is 0 Å². The molecule has 1 aliphatic rings. The molecule has 1 fully saturated rings. The van der Waals surface area contributed by atoms with E-state index in [9.17, 15) is 9.59 Å². The number of hydrogen-bond donors (Lipinski definition) is 3. The molecular weight excluding hydrogens is 232 g/mol. The first-order chi connectivity index (χ1) is 8.51. The van der Waals surface area contributed by atoms with Crippen molar-refractivity contribution in [3.63, 3.8) is 0 Å². The molecule has 0 aromatic rings. The Morgan fingerprint density at radius 1 is 1.39 bits per heavy atom. The van der Waals surface area contributed by atoms with E-state index >= 15 is 0 Å².